The normalized spacial score (nSPS) is 14.0. The number of thioether (sulfide) groups is 1. The fourth-order valence-electron chi connectivity index (χ4n) is 4.12. The van der Waals surface area contributed by atoms with Gasteiger partial charge in [-0.25, -0.2) is 4.98 Å². The van der Waals surface area contributed by atoms with Crippen LogP contribution in [0.15, 0.2) is 71.1 Å². The summed E-state index contributed by atoms with van der Waals surface area (Å²) in [6, 6.07) is 20.8. The lowest BCUT2D eigenvalue weighted by Gasteiger charge is -2.34. The molecular formula is C28H28ClN5O2S2. The third-order valence-corrected chi connectivity index (χ3v) is 8.77. The molecule has 0 bridgehead atoms. The van der Waals surface area contributed by atoms with Crippen molar-refractivity contribution in [3.05, 3.63) is 82.9 Å². The van der Waals surface area contributed by atoms with Gasteiger partial charge in [0.25, 0.3) is 5.91 Å². The van der Waals surface area contributed by atoms with E-state index in [2.05, 4.69) is 32.5 Å². The van der Waals surface area contributed by atoms with Gasteiger partial charge >= 0.3 is 0 Å². The molecular weight excluding hydrogens is 538 g/mol. The molecule has 1 aliphatic heterocycles. The molecule has 2 amide bonds. The number of likely N-dealkylation sites (N-methyl/N-ethyl adjacent to an activating group) is 1. The zero-order chi connectivity index (χ0) is 26.5. The van der Waals surface area contributed by atoms with Gasteiger partial charge in [0.15, 0.2) is 4.34 Å². The maximum absolute atomic E-state index is 12.8. The molecule has 4 aromatic rings. The van der Waals surface area contributed by atoms with Crippen LogP contribution in [-0.4, -0.2) is 60.7 Å². The van der Waals surface area contributed by atoms with Crippen molar-refractivity contribution in [2.24, 2.45) is 0 Å². The van der Waals surface area contributed by atoms with Crippen molar-refractivity contribution in [3.63, 3.8) is 0 Å². The molecule has 7 nitrogen and oxygen atoms in total. The SMILES string of the molecule is CN1CCN(c2ccc(C(=O)Nc3ccc4nc(SCC(=O)NCc5ccc(Cl)cc5)sc4c3)cc2)CC1. The van der Waals surface area contributed by atoms with E-state index in [9.17, 15) is 9.59 Å². The largest absolute Gasteiger partial charge is 0.369 e. The molecule has 0 spiro atoms. The third kappa shape index (κ3) is 6.85. The second-order valence-corrected chi connectivity index (χ2v) is 11.8. The van der Waals surface area contributed by atoms with Crippen LogP contribution in [0.2, 0.25) is 5.02 Å². The van der Waals surface area contributed by atoms with E-state index in [1.165, 1.54) is 23.1 Å². The first kappa shape index (κ1) is 26.5. The topological polar surface area (TPSA) is 77.6 Å². The van der Waals surface area contributed by atoms with Crippen LogP contribution in [0.3, 0.4) is 0 Å². The predicted molar refractivity (Wildman–Crippen MR) is 158 cm³/mol. The highest BCUT2D eigenvalue weighted by molar-refractivity contribution is 8.01. The summed E-state index contributed by atoms with van der Waals surface area (Å²) in [7, 11) is 2.14. The lowest BCUT2D eigenvalue weighted by atomic mass is 10.1. The number of carbonyl (C=O) groups excluding carboxylic acids is 2. The number of hydrogen-bond acceptors (Lipinski definition) is 7. The zero-order valence-corrected chi connectivity index (χ0v) is 23.3. The number of amides is 2. The lowest BCUT2D eigenvalue weighted by Crippen LogP contribution is -2.44. The van der Waals surface area contributed by atoms with Crippen LogP contribution in [0.25, 0.3) is 10.2 Å². The summed E-state index contributed by atoms with van der Waals surface area (Å²) < 4.78 is 1.77. The van der Waals surface area contributed by atoms with Crippen LogP contribution in [0.5, 0.6) is 0 Å². The van der Waals surface area contributed by atoms with Crippen LogP contribution in [-0.2, 0) is 11.3 Å². The molecule has 0 saturated carbocycles. The van der Waals surface area contributed by atoms with Crippen molar-refractivity contribution >= 4 is 68.1 Å². The molecule has 1 aliphatic rings. The van der Waals surface area contributed by atoms with Gasteiger partial charge < -0.3 is 20.4 Å². The molecule has 10 heteroatoms. The second-order valence-electron chi connectivity index (χ2n) is 9.15. The molecule has 1 fully saturated rings. The fraction of sp³-hybridized carbons (Fsp3) is 0.250. The van der Waals surface area contributed by atoms with Crippen molar-refractivity contribution in [2.45, 2.75) is 10.9 Å². The minimum absolute atomic E-state index is 0.0594. The number of aromatic nitrogens is 1. The molecule has 1 saturated heterocycles. The maximum atomic E-state index is 12.8. The average Bonchev–Trinajstić information content (AvgIpc) is 3.34. The van der Waals surface area contributed by atoms with Gasteiger partial charge in [-0.15, -0.1) is 11.3 Å². The Morgan fingerprint density at radius 3 is 2.47 bits per heavy atom. The number of fused-ring (bicyclic) bond motifs is 1. The summed E-state index contributed by atoms with van der Waals surface area (Å²) in [6.45, 7) is 4.52. The molecule has 5 rings (SSSR count). The molecule has 0 atom stereocenters. The molecule has 2 heterocycles. The molecule has 38 heavy (non-hydrogen) atoms. The Hall–Kier alpha value is -3.11. The van der Waals surface area contributed by atoms with Gasteiger partial charge in [-0.05, 0) is 67.2 Å². The minimum atomic E-state index is -0.147. The predicted octanol–water partition coefficient (Wildman–Crippen LogP) is 5.36. The van der Waals surface area contributed by atoms with E-state index >= 15 is 0 Å². The van der Waals surface area contributed by atoms with Gasteiger partial charge in [-0.1, -0.05) is 35.5 Å². The smallest absolute Gasteiger partial charge is 0.255 e. The summed E-state index contributed by atoms with van der Waals surface area (Å²) >= 11 is 8.81. The van der Waals surface area contributed by atoms with Gasteiger partial charge in [0, 0.05) is 54.7 Å². The monoisotopic (exact) mass is 565 g/mol. The van der Waals surface area contributed by atoms with E-state index in [1.54, 1.807) is 12.1 Å². The van der Waals surface area contributed by atoms with Gasteiger partial charge in [0.1, 0.15) is 0 Å². The number of halogens is 1. The van der Waals surface area contributed by atoms with E-state index in [1.807, 2.05) is 54.6 Å². The molecule has 0 unspecified atom stereocenters. The first-order valence-corrected chi connectivity index (χ1v) is 14.5. The van der Waals surface area contributed by atoms with Crippen LogP contribution in [0.1, 0.15) is 15.9 Å². The fourth-order valence-corrected chi connectivity index (χ4v) is 6.18. The van der Waals surface area contributed by atoms with Crippen LogP contribution < -0.4 is 15.5 Å². The summed E-state index contributed by atoms with van der Waals surface area (Å²) in [5, 5.41) is 6.58. The average molecular weight is 566 g/mol. The number of nitrogens with zero attached hydrogens (tertiary/aromatic N) is 3. The van der Waals surface area contributed by atoms with Crippen LogP contribution in [0, 0.1) is 0 Å². The maximum Gasteiger partial charge on any atom is 0.255 e. The highest BCUT2D eigenvalue weighted by Crippen LogP contribution is 2.31. The van der Waals surface area contributed by atoms with Crippen molar-refractivity contribution in [1.82, 2.24) is 15.2 Å². The number of thiazole rings is 1. The Kier molecular flexibility index (Phi) is 8.48. The number of carbonyl (C=O) groups is 2. The number of benzene rings is 3. The van der Waals surface area contributed by atoms with Gasteiger partial charge in [-0.2, -0.15) is 0 Å². The minimum Gasteiger partial charge on any atom is -0.369 e. The van der Waals surface area contributed by atoms with Crippen molar-refractivity contribution in [2.75, 3.05) is 49.2 Å². The molecule has 196 valence electrons. The molecule has 0 radical (unpaired) electrons. The highest BCUT2D eigenvalue weighted by Gasteiger charge is 2.15. The van der Waals surface area contributed by atoms with Gasteiger partial charge in [0.05, 0.1) is 16.0 Å². The Labute approximate surface area is 235 Å². The molecule has 1 aromatic heterocycles. The highest BCUT2D eigenvalue weighted by atomic mass is 35.5. The van der Waals surface area contributed by atoms with Crippen LogP contribution >= 0.6 is 34.7 Å². The van der Waals surface area contributed by atoms with Crippen molar-refractivity contribution < 1.29 is 9.59 Å². The van der Waals surface area contributed by atoms with E-state index in [0.29, 0.717) is 22.8 Å². The number of anilines is 2. The Morgan fingerprint density at radius 1 is 1.00 bits per heavy atom. The summed E-state index contributed by atoms with van der Waals surface area (Å²) in [4.78, 5) is 34.4. The van der Waals surface area contributed by atoms with Crippen molar-refractivity contribution in [1.29, 1.82) is 0 Å². The lowest BCUT2D eigenvalue weighted by molar-refractivity contribution is -0.118. The first-order chi connectivity index (χ1) is 18.4. The first-order valence-electron chi connectivity index (χ1n) is 12.3. The molecule has 0 aliphatic carbocycles. The van der Waals surface area contributed by atoms with Crippen LogP contribution in [0.4, 0.5) is 11.4 Å². The number of rotatable bonds is 8. The van der Waals surface area contributed by atoms with E-state index in [4.69, 9.17) is 11.6 Å². The molecule has 3 aromatic carbocycles. The van der Waals surface area contributed by atoms with E-state index in [0.717, 1.165) is 52.0 Å². The number of hydrogen-bond donors (Lipinski definition) is 2. The number of piperazine rings is 1. The standard InChI is InChI=1S/C28H28ClN5O2S2/c1-33-12-14-34(15-13-33)23-9-4-20(5-10-23)27(36)31-22-8-11-24-25(16-22)38-28(32-24)37-18-26(35)30-17-19-2-6-21(29)7-3-19/h2-11,16H,12-15,17-18H2,1H3,(H,30,35)(H,31,36). The zero-order valence-electron chi connectivity index (χ0n) is 20.9. The summed E-state index contributed by atoms with van der Waals surface area (Å²) in [5.41, 5.74) is 4.31. The van der Waals surface area contributed by atoms with Gasteiger partial charge in [0.2, 0.25) is 5.91 Å². The Bertz CT molecular complexity index is 1420. The summed E-state index contributed by atoms with van der Waals surface area (Å²) in [5.74, 6) is 0.0720. The second kappa shape index (κ2) is 12.2. The van der Waals surface area contributed by atoms with Crippen molar-refractivity contribution in [3.8, 4) is 0 Å². The molecule has 2 N–H and O–H groups in total. The Morgan fingerprint density at radius 2 is 1.74 bits per heavy atom. The van der Waals surface area contributed by atoms with Gasteiger partial charge in [-0.3, -0.25) is 9.59 Å². The quantitative estimate of drug-likeness (QED) is 0.280. The Balaban J connectivity index is 1.14. The summed E-state index contributed by atoms with van der Waals surface area (Å²) in [6.07, 6.45) is 0. The number of nitrogens with one attached hydrogen (secondary N) is 2. The van der Waals surface area contributed by atoms with E-state index < -0.39 is 0 Å². The third-order valence-electron chi connectivity index (χ3n) is 6.35. The van der Waals surface area contributed by atoms with E-state index in [-0.39, 0.29) is 17.6 Å².